The Morgan fingerprint density at radius 2 is 2.47 bits per heavy atom. The third kappa shape index (κ3) is 3.88. The lowest BCUT2D eigenvalue weighted by molar-refractivity contribution is -0.119. The topological polar surface area (TPSA) is 54.0 Å². The Morgan fingerprint density at radius 3 is 3.13 bits per heavy atom. The number of rotatable bonds is 4. The van der Waals surface area contributed by atoms with Crippen molar-refractivity contribution >= 4 is 23.3 Å². The molecule has 15 heavy (non-hydrogen) atoms. The van der Waals surface area contributed by atoms with Crippen LogP contribution in [-0.2, 0) is 4.79 Å². The Hall–Kier alpha value is -1.73. The number of carbonyl (C=O) groups is 1. The Kier molecular flexibility index (Phi) is 4.45. The molecule has 78 valence electrons. The number of terminal acetylenes is 1. The number of nitrogens with one attached hydrogen (secondary N) is 2. The van der Waals surface area contributed by atoms with Gasteiger partial charge in [-0.05, 0) is 12.1 Å². The Labute approximate surface area is 93.0 Å². The van der Waals surface area contributed by atoms with Gasteiger partial charge in [-0.3, -0.25) is 4.79 Å². The van der Waals surface area contributed by atoms with Crippen LogP contribution in [-0.4, -0.2) is 24.0 Å². The van der Waals surface area contributed by atoms with E-state index in [0.717, 1.165) is 0 Å². The average molecular weight is 224 g/mol. The molecule has 0 bridgehead atoms. The molecule has 4 nitrogen and oxygen atoms in total. The minimum absolute atomic E-state index is 0.0956. The lowest BCUT2D eigenvalue weighted by Crippen LogP contribution is -2.30. The third-order valence-corrected chi connectivity index (χ3v) is 1.87. The Bertz CT molecular complexity index is 386. The van der Waals surface area contributed by atoms with Gasteiger partial charge in [-0.25, -0.2) is 4.98 Å². The molecular formula is C10H10ClN3O. The van der Waals surface area contributed by atoms with E-state index in [1.807, 2.05) is 0 Å². The number of anilines is 1. The van der Waals surface area contributed by atoms with Crippen LogP contribution in [0.1, 0.15) is 0 Å². The third-order valence-electron chi connectivity index (χ3n) is 1.56. The van der Waals surface area contributed by atoms with Crippen LogP contribution in [0.5, 0.6) is 0 Å². The zero-order valence-corrected chi connectivity index (χ0v) is 8.71. The summed E-state index contributed by atoms with van der Waals surface area (Å²) in [7, 11) is 0. The summed E-state index contributed by atoms with van der Waals surface area (Å²) in [4.78, 5) is 15.1. The van der Waals surface area contributed by atoms with Crippen LogP contribution >= 0.6 is 11.6 Å². The van der Waals surface area contributed by atoms with E-state index >= 15 is 0 Å². The summed E-state index contributed by atoms with van der Waals surface area (Å²) in [6, 6.07) is 3.40. The molecule has 0 aliphatic rings. The summed E-state index contributed by atoms with van der Waals surface area (Å²) < 4.78 is 0. The average Bonchev–Trinajstić information content (AvgIpc) is 2.25. The quantitative estimate of drug-likeness (QED) is 0.746. The van der Waals surface area contributed by atoms with E-state index in [-0.39, 0.29) is 19.0 Å². The molecule has 0 fully saturated rings. The molecule has 0 spiro atoms. The highest BCUT2D eigenvalue weighted by atomic mass is 35.5. The predicted octanol–water partition coefficient (Wildman–Crippen LogP) is 0.896. The van der Waals surface area contributed by atoms with Gasteiger partial charge in [0, 0.05) is 6.20 Å². The second kappa shape index (κ2) is 5.89. The molecule has 1 aromatic rings. The maximum Gasteiger partial charge on any atom is 0.240 e. The van der Waals surface area contributed by atoms with Crippen molar-refractivity contribution in [3.8, 4) is 12.3 Å². The normalized spacial score (nSPS) is 9.07. The molecule has 0 unspecified atom stereocenters. The highest BCUT2D eigenvalue weighted by Crippen LogP contribution is 2.16. The molecule has 0 saturated heterocycles. The van der Waals surface area contributed by atoms with Gasteiger partial charge in [-0.15, -0.1) is 6.42 Å². The lowest BCUT2D eigenvalue weighted by atomic mass is 10.4. The van der Waals surface area contributed by atoms with Crippen molar-refractivity contribution in [3.05, 3.63) is 23.4 Å². The van der Waals surface area contributed by atoms with Gasteiger partial charge in [0.2, 0.25) is 5.91 Å². The van der Waals surface area contributed by atoms with Gasteiger partial charge in [-0.2, -0.15) is 0 Å². The number of hydrogen-bond acceptors (Lipinski definition) is 3. The van der Waals surface area contributed by atoms with Crippen molar-refractivity contribution in [3.63, 3.8) is 0 Å². The largest absolute Gasteiger partial charge is 0.360 e. The summed E-state index contributed by atoms with van der Waals surface area (Å²) >= 11 is 5.82. The molecule has 0 aliphatic carbocycles. The summed E-state index contributed by atoms with van der Waals surface area (Å²) in [5.41, 5.74) is 0. The molecule has 1 rings (SSSR count). The number of hydrogen-bond donors (Lipinski definition) is 2. The van der Waals surface area contributed by atoms with Gasteiger partial charge in [0.05, 0.1) is 18.1 Å². The molecule has 0 aliphatic heterocycles. The van der Waals surface area contributed by atoms with Crippen LogP contribution in [0.15, 0.2) is 18.3 Å². The Balaban J connectivity index is 2.41. The van der Waals surface area contributed by atoms with E-state index in [1.165, 1.54) is 0 Å². The molecule has 0 atom stereocenters. The zero-order valence-electron chi connectivity index (χ0n) is 7.96. The first-order valence-electron chi connectivity index (χ1n) is 4.28. The fourth-order valence-electron chi connectivity index (χ4n) is 0.892. The maximum atomic E-state index is 11.1. The van der Waals surface area contributed by atoms with Crippen LogP contribution in [0, 0.1) is 12.3 Å². The minimum Gasteiger partial charge on any atom is -0.360 e. The number of halogens is 1. The number of aromatic nitrogens is 1. The van der Waals surface area contributed by atoms with Gasteiger partial charge in [-0.1, -0.05) is 17.5 Å². The summed E-state index contributed by atoms with van der Waals surface area (Å²) in [6.45, 7) is 0.314. The van der Waals surface area contributed by atoms with Crippen molar-refractivity contribution in [2.75, 3.05) is 18.4 Å². The minimum atomic E-state index is -0.199. The monoisotopic (exact) mass is 223 g/mol. The standard InChI is InChI=1S/C10H10ClN3O/c1-2-5-12-9(15)7-14-10-8(11)4-3-6-13-10/h1,3-4,6H,5,7H2,(H,12,15)(H,13,14). The van der Waals surface area contributed by atoms with Crippen LogP contribution < -0.4 is 10.6 Å². The van der Waals surface area contributed by atoms with Gasteiger partial charge in [0.1, 0.15) is 5.82 Å². The number of amides is 1. The maximum absolute atomic E-state index is 11.1. The Morgan fingerprint density at radius 1 is 1.67 bits per heavy atom. The van der Waals surface area contributed by atoms with Crippen molar-refractivity contribution in [1.29, 1.82) is 0 Å². The SMILES string of the molecule is C#CCNC(=O)CNc1ncccc1Cl. The van der Waals surface area contributed by atoms with Crippen molar-refractivity contribution < 1.29 is 4.79 Å². The highest BCUT2D eigenvalue weighted by molar-refractivity contribution is 6.32. The smallest absolute Gasteiger partial charge is 0.240 e. The second-order valence-corrected chi connectivity index (χ2v) is 3.08. The van der Waals surface area contributed by atoms with E-state index < -0.39 is 0 Å². The summed E-state index contributed by atoms with van der Waals surface area (Å²) in [5.74, 6) is 2.59. The van der Waals surface area contributed by atoms with Crippen molar-refractivity contribution in [2.45, 2.75) is 0 Å². The molecular weight excluding hydrogens is 214 g/mol. The first kappa shape index (κ1) is 11.3. The molecule has 0 saturated carbocycles. The van der Waals surface area contributed by atoms with E-state index in [9.17, 15) is 4.79 Å². The van der Waals surface area contributed by atoms with Crippen LogP contribution in [0.2, 0.25) is 5.02 Å². The van der Waals surface area contributed by atoms with Gasteiger partial charge >= 0.3 is 0 Å². The van der Waals surface area contributed by atoms with Gasteiger partial charge < -0.3 is 10.6 Å². The highest BCUT2D eigenvalue weighted by Gasteiger charge is 2.02. The molecule has 5 heteroatoms. The van der Waals surface area contributed by atoms with E-state index in [0.29, 0.717) is 10.8 Å². The predicted molar refractivity (Wildman–Crippen MR) is 59.6 cm³/mol. The first-order valence-corrected chi connectivity index (χ1v) is 4.66. The molecule has 1 amide bonds. The molecule has 1 aromatic heterocycles. The van der Waals surface area contributed by atoms with Crippen molar-refractivity contribution in [2.24, 2.45) is 0 Å². The molecule has 2 N–H and O–H groups in total. The number of carbonyl (C=O) groups excluding carboxylic acids is 1. The van der Waals surface area contributed by atoms with Crippen LogP contribution in [0.4, 0.5) is 5.82 Å². The molecule has 1 heterocycles. The number of nitrogens with zero attached hydrogens (tertiary/aromatic N) is 1. The van der Waals surface area contributed by atoms with E-state index in [1.54, 1.807) is 18.3 Å². The molecule has 0 aromatic carbocycles. The first-order chi connectivity index (χ1) is 7.24. The number of pyridine rings is 1. The van der Waals surface area contributed by atoms with Gasteiger partial charge in [0.25, 0.3) is 0 Å². The van der Waals surface area contributed by atoms with E-state index in [2.05, 4.69) is 21.5 Å². The van der Waals surface area contributed by atoms with Crippen LogP contribution in [0.3, 0.4) is 0 Å². The zero-order chi connectivity index (χ0) is 11.1. The fraction of sp³-hybridized carbons (Fsp3) is 0.200. The van der Waals surface area contributed by atoms with E-state index in [4.69, 9.17) is 18.0 Å². The van der Waals surface area contributed by atoms with Gasteiger partial charge in [0.15, 0.2) is 0 Å². The summed E-state index contributed by atoms with van der Waals surface area (Å²) in [5, 5.41) is 5.79. The lowest BCUT2D eigenvalue weighted by Gasteiger charge is -2.06. The van der Waals surface area contributed by atoms with Crippen LogP contribution in [0.25, 0.3) is 0 Å². The fourth-order valence-corrected chi connectivity index (χ4v) is 1.08. The second-order valence-electron chi connectivity index (χ2n) is 2.67. The molecule has 0 radical (unpaired) electrons. The summed E-state index contributed by atoms with van der Waals surface area (Å²) in [6.07, 6.45) is 6.58. The van der Waals surface area contributed by atoms with Crippen molar-refractivity contribution in [1.82, 2.24) is 10.3 Å².